The van der Waals surface area contributed by atoms with E-state index in [4.69, 9.17) is 25.7 Å². The van der Waals surface area contributed by atoms with Crippen molar-refractivity contribution < 1.29 is 0 Å². The van der Waals surface area contributed by atoms with E-state index in [0.29, 0.717) is 23.2 Å². The van der Waals surface area contributed by atoms with Crippen LogP contribution in [0.2, 0.25) is 0 Å². The largest absolute Gasteiger partial charge is 0.399 e. The van der Waals surface area contributed by atoms with Gasteiger partial charge < -0.3 is 5.73 Å². The Kier molecular flexibility index (Phi) is 8.89. The molecule has 58 heavy (non-hydrogen) atoms. The fourth-order valence-corrected chi connectivity index (χ4v) is 7.62. The van der Waals surface area contributed by atoms with Crippen molar-refractivity contribution in [2.75, 3.05) is 5.73 Å². The summed E-state index contributed by atoms with van der Waals surface area (Å²) >= 11 is 0. The van der Waals surface area contributed by atoms with Gasteiger partial charge in [0.15, 0.2) is 17.5 Å². The summed E-state index contributed by atoms with van der Waals surface area (Å²) in [6, 6.07) is 70.8. The zero-order chi connectivity index (χ0) is 38.8. The topological polar surface area (TPSA) is 82.5 Å². The van der Waals surface area contributed by atoms with Gasteiger partial charge in [0.05, 0.1) is 11.0 Å². The van der Waals surface area contributed by atoms with Crippen LogP contribution in [0.1, 0.15) is 0 Å². The molecule has 0 radical (unpaired) electrons. The Morgan fingerprint density at radius 2 is 0.776 bits per heavy atom. The van der Waals surface area contributed by atoms with Crippen LogP contribution in [0.15, 0.2) is 206 Å². The number of benzene rings is 8. The van der Waals surface area contributed by atoms with E-state index in [0.717, 1.165) is 78.2 Å². The molecular weight excluding hydrogens is 709 g/mol. The van der Waals surface area contributed by atoms with Gasteiger partial charge in [0.2, 0.25) is 0 Å². The molecule has 0 aliphatic carbocycles. The summed E-state index contributed by atoms with van der Waals surface area (Å²) in [5.41, 5.74) is 20.5. The van der Waals surface area contributed by atoms with Crippen LogP contribution in [0.4, 0.5) is 5.69 Å². The fraction of sp³-hybridized carbons (Fsp3) is 0. The predicted molar refractivity (Wildman–Crippen MR) is 237 cm³/mol. The summed E-state index contributed by atoms with van der Waals surface area (Å²) in [6.45, 7) is 0. The molecule has 0 amide bonds. The van der Waals surface area contributed by atoms with Crippen molar-refractivity contribution in [2.45, 2.75) is 0 Å². The summed E-state index contributed by atoms with van der Waals surface area (Å²) < 4.78 is 2.25. The van der Waals surface area contributed by atoms with E-state index >= 15 is 0 Å². The molecule has 0 atom stereocenters. The molecule has 0 aliphatic heterocycles. The molecule has 8 aromatic carbocycles. The third kappa shape index (κ3) is 6.59. The average Bonchev–Trinajstić information content (AvgIpc) is 3.69. The maximum atomic E-state index is 6.15. The van der Waals surface area contributed by atoms with Crippen LogP contribution in [-0.4, -0.2) is 24.5 Å². The minimum Gasteiger partial charge on any atom is -0.399 e. The maximum Gasteiger partial charge on any atom is 0.164 e. The Balaban J connectivity index is 1.00. The van der Waals surface area contributed by atoms with Crippen LogP contribution in [0.5, 0.6) is 0 Å². The second kappa shape index (κ2) is 14.9. The molecule has 0 fully saturated rings. The van der Waals surface area contributed by atoms with E-state index < -0.39 is 0 Å². The lowest BCUT2D eigenvalue weighted by molar-refractivity contribution is 1.07. The van der Waals surface area contributed by atoms with Crippen molar-refractivity contribution in [3.8, 4) is 84.6 Å². The van der Waals surface area contributed by atoms with Crippen molar-refractivity contribution in [1.82, 2.24) is 24.5 Å². The number of para-hydroxylation sites is 2. The zero-order valence-corrected chi connectivity index (χ0v) is 31.4. The van der Waals surface area contributed by atoms with Gasteiger partial charge in [-0.2, -0.15) is 0 Å². The molecule has 6 heteroatoms. The van der Waals surface area contributed by atoms with Crippen molar-refractivity contribution in [2.24, 2.45) is 0 Å². The predicted octanol–water partition coefficient (Wildman–Crippen LogP) is 12.5. The van der Waals surface area contributed by atoms with E-state index in [1.807, 2.05) is 66.7 Å². The number of fused-ring (bicyclic) bond motifs is 1. The number of nitrogen functional groups attached to an aromatic ring is 1. The molecule has 0 unspecified atom stereocenters. The summed E-state index contributed by atoms with van der Waals surface area (Å²) in [5.74, 6) is 2.70. The van der Waals surface area contributed by atoms with Gasteiger partial charge in [-0.15, -0.1) is 0 Å². The molecule has 2 aromatic heterocycles. The highest BCUT2D eigenvalue weighted by molar-refractivity contribution is 5.92. The number of nitrogens with zero attached hydrogens (tertiary/aromatic N) is 5. The molecule has 6 nitrogen and oxygen atoms in total. The van der Waals surface area contributed by atoms with Crippen LogP contribution >= 0.6 is 0 Å². The quantitative estimate of drug-likeness (QED) is 0.157. The van der Waals surface area contributed by atoms with Gasteiger partial charge in [0.1, 0.15) is 5.82 Å². The molecule has 0 spiro atoms. The van der Waals surface area contributed by atoms with Crippen LogP contribution in [0, 0.1) is 0 Å². The molecule has 2 N–H and O–H groups in total. The molecule has 10 rings (SSSR count). The zero-order valence-electron chi connectivity index (χ0n) is 31.4. The van der Waals surface area contributed by atoms with Crippen LogP contribution in [-0.2, 0) is 0 Å². The fourth-order valence-electron chi connectivity index (χ4n) is 7.62. The maximum absolute atomic E-state index is 6.15. The van der Waals surface area contributed by atoms with E-state index in [2.05, 4.69) is 144 Å². The highest BCUT2D eigenvalue weighted by Crippen LogP contribution is 2.39. The molecule has 274 valence electrons. The lowest BCUT2D eigenvalue weighted by atomic mass is 9.89. The van der Waals surface area contributed by atoms with E-state index in [1.165, 1.54) is 0 Å². The minimum atomic E-state index is 0.574. The average molecular weight is 745 g/mol. The van der Waals surface area contributed by atoms with Gasteiger partial charge >= 0.3 is 0 Å². The summed E-state index contributed by atoms with van der Waals surface area (Å²) in [4.78, 5) is 19.7. The van der Waals surface area contributed by atoms with Crippen molar-refractivity contribution in [1.29, 1.82) is 0 Å². The van der Waals surface area contributed by atoms with E-state index in [9.17, 15) is 0 Å². The molecule has 0 bridgehead atoms. The number of hydrogen-bond donors (Lipinski definition) is 1. The Bertz CT molecular complexity index is 3050. The van der Waals surface area contributed by atoms with Crippen molar-refractivity contribution >= 4 is 16.7 Å². The number of nitrogens with two attached hydrogens (primary N) is 1. The van der Waals surface area contributed by atoms with Gasteiger partial charge in [0.25, 0.3) is 0 Å². The van der Waals surface area contributed by atoms with Crippen LogP contribution in [0.25, 0.3) is 95.7 Å². The molecule has 0 aliphatic rings. The first-order valence-corrected chi connectivity index (χ1v) is 19.3. The van der Waals surface area contributed by atoms with Gasteiger partial charge in [-0.1, -0.05) is 170 Å². The van der Waals surface area contributed by atoms with Crippen LogP contribution < -0.4 is 5.73 Å². The lowest BCUT2D eigenvalue weighted by Gasteiger charge is -2.16. The summed E-state index contributed by atoms with van der Waals surface area (Å²) in [6.07, 6.45) is 0. The minimum absolute atomic E-state index is 0.574. The van der Waals surface area contributed by atoms with Gasteiger partial charge in [-0.05, 0) is 69.8 Å². The molecular formula is C52H36N6. The third-order valence-corrected chi connectivity index (χ3v) is 10.4. The smallest absolute Gasteiger partial charge is 0.164 e. The van der Waals surface area contributed by atoms with Crippen molar-refractivity contribution in [3.05, 3.63) is 206 Å². The molecule has 0 saturated carbocycles. The monoisotopic (exact) mass is 744 g/mol. The Morgan fingerprint density at radius 3 is 1.38 bits per heavy atom. The number of imidazole rings is 1. The Labute approximate surface area is 336 Å². The Morgan fingerprint density at radius 1 is 0.328 bits per heavy atom. The summed E-state index contributed by atoms with van der Waals surface area (Å²) in [7, 11) is 0. The number of aromatic nitrogens is 5. The molecule has 10 aromatic rings. The second-order valence-corrected chi connectivity index (χ2v) is 14.1. The van der Waals surface area contributed by atoms with Gasteiger partial charge in [0, 0.05) is 33.6 Å². The van der Waals surface area contributed by atoms with Crippen molar-refractivity contribution in [3.63, 3.8) is 0 Å². The lowest BCUT2D eigenvalue weighted by Crippen LogP contribution is -2.00. The number of anilines is 1. The SMILES string of the molecule is Nc1cccc(-c2nc(-c3ccccc3)nc(-c3ccc(-c4ccccc4-c4ccccc4-c4ccc(-n5c(-c6ccccc6)nc6ccccc65)cc4)cc3)n2)c1. The standard InChI is InChI=1S/C52H36N6/c53-41-19-13-18-40(34-41)51-56-49(37-14-3-1-4-15-37)55-50(57-51)38-28-26-35(27-29-38)43-20-7-9-22-45(43)46-23-10-8-21-44(46)36-30-32-42(33-31-36)58-48-25-12-11-24-47(48)54-52(58)39-16-5-2-6-17-39/h1-34H,53H2. The first kappa shape index (κ1) is 34.5. The van der Waals surface area contributed by atoms with Gasteiger partial charge in [-0.25, -0.2) is 19.9 Å². The summed E-state index contributed by atoms with van der Waals surface area (Å²) in [5, 5.41) is 0. The first-order valence-electron chi connectivity index (χ1n) is 19.3. The Hall–Kier alpha value is -7.96. The first-order chi connectivity index (χ1) is 28.7. The second-order valence-electron chi connectivity index (χ2n) is 14.1. The highest BCUT2D eigenvalue weighted by atomic mass is 15.1. The number of hydrogen-bond acceptors (Lipinski definition) is 5. The third-order valence-electron chi connectivity index (χ3n) is 10.4. The highest BCUT2D eigenvalue weighted by Gasteiger charge is 2.17. The van der Waals surface area contributed by atoms with Gasteiger partial charge in [-0.3, -0.25) is 4.57 Å². The molecule has 0 saturated heterocycles. The van der Waals surface area contributed by atoms with Crippen LogP contribution in [0.3, 0.4) is 0 Å². The molecule has 2 heterocycles. The normalized spacial score (nSPS) is 11.2. The number of rotatable bonds is 8. The van der Waals surface area contributed by atoms with E-state index in [1.54, 1.807) is 0 Å². The van der Waals surface area contributed by atoms with E-state index in [-0.39, 0.29) is 0 Å².